The van der Waals surface area contributed by atoms with Crippen LogP contribution in [0.2, 0.25) is 0 Å². The number of nitriles is 1. The number of likely N-dealkylation sites (tertiary alicyclic amines) is 1. The second kappa shape index (κ2) is 12.3. The molecule has 1 aliphatic rings. The van der Waals surface area contributed by atoms with Gasteiger partial charge < -0.3 is 30.4 Å². The highest BCUT2D eigenvalue weighted by Gasteiger charge is 2.41. The van der Waals surface area contributed by atoms with Gasteiger partial charge in [0.25, 0.3) is 0 Å². The van der Waals surface area contributed by atoms with Gasteiger partial charge >= 0.3 is 12.1 Å². The SMILES string of the molecule is CNN(/C=C(\CNc1ccc(C(=O)OC)cc1)C(N)=O)C1(CC#N)CCN(C(=O)OC(C)(C)C)CC1. The summed E-state index contributed by atoms with van der Waals surface area (Å²) in [5.41, 5.74) is 8.86. The molecule has 0 aliphatic carbocycles. The maximum Gasteiger partial charge on any atom is 0.410 e. The fourth-order valence-electron chi connectivity index (χ4n) is 3.91. The summed E-state index contributed by atoms with van der Waals surface area (Å²) >= 11 is 0. The molecule has 1 saturated heterocycles. The Bertz CT molecular complexity index is 1000. The average Bonchev–Trinajstić information content (AvgIpc) is 2.83. The van der Waals surface area contributed by atoms with E-state index in [1.807, 2.05) is 20.8 Å². The van der Waals surface area contributed by atoms with Crippen LogP contribution in [-0.4, -0.2) is 72.8 Å². The fourth-order valence-corrected chi connectivity index (χ4v) is 3.91. The monoisotopic (exact) mass is 500 g/mol. The molecular weight excluding hydrogens is 464 g/mol. The van der Waals surface area contributed by atoms with Gasteiger partial charge in [0.1, 0.15) is 5.60 Å². The third-order valence-corrected chi connectivity index (χ3v) is 5.90. The first-order valence-corrected chi connectivity index (χ1v) is 11.7. The molecular formula is C25H36N6O5. The van der Waals surface area contributed by atoms with Crippen LogP contribution in [0.3, 0.4) is 0 Å². The zero-order valence-corrected chi connectivity index (χ0v) is 21.6. The van der Waals surface area contributed by atoms with Gasteiger partial charge in [-0.25, -0.2) is 15.0 Å². The standard InChI is InChI=1S/C25H36N6O5/c1-24(2,3)36-23(34)30-14-11-25(10-13-26,12-15-30)31(28-4)17-19(21(27)32)16-29-20-8-6-18(7-9-20)22(33)35-5/h6-9,17,28-29H,10-12,14-16H2,1-5H3,(H2,27,32)/b19-17+. The lowest BCUT2D eigenvalue weighted by molar-refractivity contribution is -0.114. The summed E-state index contributed by atoms with van der Waals surface area (Å²) in [7, 11) is 3.01. The highest BCUT2D eigenvalue weighted by molar-refractivity contribution is 5.93. The molecule has 1 fully saturated rings. The maximum absolute atomic E-state index is 12.5. The number of hydrogen-bond donors (Lipinski definition) is 3. The van der Waals surface area contributed by atoms with Gasteiger partial charge in [0.05, 0.1) is 36.3 Å². The van der Waals surface area contributed by atoms with E-state index < -0.39 is 23.0 Å². The summed E-state index contributed by atoms with van der Waals surface area (Å²) in [5, 5.41) is 14.4. The Morgan fingerprint density at radius 3 is 2.31 bits per heavy atom. The van der Waals surface area contributed by atoms with Gasteiger partial charge in [-0.1, -0.05) is 0 Å². The summed E-state index contributed by atoms with van der Waals surface area (Å²) in [6.45, 7) is 6.37. The quantitative estimate of drug-likeness (QED) is 0.264. The minimum atomic E-state index is -0.648. The Balaban J connectivity index is 2.17. The number of esters is 1. The van der Waals surface area contributed by atoms with E-state index in [0.717, 1.165) is 0 Å². The van der Waals surface area contributed by atoms with Gasteiger partial charge in [-0.05, 0) is 57.9 Å². The first kappa shape index (κ1) is 28.5. The number of nitrogens with two attached hydrogens (primary N) is 1. The molecule has 2 rings (SSSR count). The van der Waals surface area contributed by atoms with Crippen LogP contribution >= 0.6 is 0 Å². The van der Waals surface area contributed by atoms with Gasteiger partial charge in [-0.3, -0.25) is 4.79 Å². The van der Waals surface area contributed by atoms with Crippen molar-refractivity contribution in [1.29, 1.82) is 5.26 Å². The molecule has 0 aromatic heterocycles. The lowest BCUT2D eigenvalue weighted by Crippen LogP contribution is -2.58. The first-order chi connectivity index (χ1) is 16.9. The van der Waals surface area contributed by atoms with Crippen LogP contribution in [0, 0.1) is 11.3 Å². The van der Waals surface area contributed by atoms with E-state index in [1.165, 1.54) is 7.11 Å². The predicted octanol–water partition coefficient (Wildman–Crippen LogP) is 2.37. The summed E-state index contributed by atoms with van der Waals surface area (Å²) in [5.74, 6) is -1.06. The van der Waals surface area contributed by atoms with E-state index in [9.17, 15) is 19.6 Å². The molecule has 11 heteroatoms. The summed E-state index contributed by atoms with van der Waals surface area (Å²) in [4.78, 5) is 38.0. The molecule has 36 heavy (non-hydrogen) atoms. The van der Waals surface area contributed by atoms with Crippen LogP contribution in [0.5, 0.6) is 0 Å². The van der Waals surface area contributed by atoms with Gasteiger partial charge in [0.15, 0.2) is 0 Å². The zero-order valence-electron chi connectivity index (χ0n) is 21.6. The number of nitrogens with zero attached hydrogens (tertiary/aromatic N) is 3. The van der Waals surface area contributed by atoms with Crippen molar-refractivity contribution in [2.24, 2.45) is 5.73 Å². The number of nitrogens with one attached hydrogen (secondary N) is 2. The summed E-state index contributed by atoms with van der Waals surface area (Å²) in [6.07, 6.45) is 2.39. The van der Waals surface area contributed by atoms with Crippen LogP contribution in [0.4, 0.5) is 10.5 Å². The highest BCUT2D eigenvalue weighted by Crippen LogP contribution is 2.32. The highest BCUT2D eigenvalue weighted by atomic mass is 16.6. The number of carbonyl (C=O) groups is 3. The Kier molecular flexibility index (Phi) is 9.69. The Morgan fingerprint density at radius 2 is 1.83 bits per heavy atom. The van der Waals surface area contributed by atoms with Crippen LogP contribution in [-0.2, 0) is 14.3 Å². The third kappa shape index (κ3) is 7.61. The molecule has 1 heterocycles. The molecule has 0 unspecified atom stereocenters. The summed E-state index contributed by atoms with van der Waals surface area (Å²) < 4.78 is 10.2. The second-order valence-electron chi connectivity index (χ2n) is 9.56. The van der Waals surface area contributed by atoms with Gasteiger partial charge in [-0.2, -0.15) is 5.26 Å². The number of benzene rings is 1. The minimum Gasteiger partial charge on any atom is -0.465 e. The second-order valence-corrected chi connectivity index (χ2v) is 9.56. The lowest BCUT2D eigenvalue weighted by Gasteiger charge is -2.47. The molecule has 4 N–H and O–H groups in total. The number of methoxy groups -OCH3 is 1. The van der Waals surface area contributed by atoms with Crippen molar-refractivity contribution in [3.63, 3.8) is 0 Å². The average molecular weight is 501 g/mol. The maximum atomic E-state index is 12.5. The van der Waals surface area contributed by atoms with Gasteiger partial charge in [-0.15, -0.1) is 0 Å². The van der Waals surface area contributed by atoms with Crippen molar-refractivity contribution in [3.05, 3.63) is 41.6 Å². The minimum absolute atomic E-state index is 0.123. The number of piperidine rings is 1. The number of hydrazine groups is 1. The topological polar surface area (TPSA) is 150 Å². The first-order valence-electron chi connectivity index (χ1n) is 11.7. The predicted molar refractivity (Wildman–Crippen MR) is 134 cm³/mol. The number of ether oxygens (including phenoxy) is 2. The van der Waals surface area contributed by atoms with Gasteiger partial charge in [0.2, 0.25) is 5.91 Å². The van der Waals surface area contributed by atoms with Crippen LogP contribution in [0.1, 0.15) is 50.4 Å². The largest absolute Gasteiger partial charge is 0.465 e. The Labute approximate surface area is 212 Å². The zero-order chi connectivity index (χ0) is 26.9. The third-order valence-electron chi connectivity index (χ3n) is 5.90. The molecule has 11 nitrogen and oxygen atoms in total. The fraction of sp³-hybridized carbons (Fsp3) is 0.520. The Morgan fingerprint density at radius 1 is 1.22 bits per heavy atom. The number of carbonyl (C=O) groups excluding carboxylic acids is 3. The molecule has 1 aromatic rings. The summed E-state index contributed by atoms with van der Waals surface area (Å²) in [6, 6.07) is 8.86. The molecule has 196 valence electrons. The number of rotatable bonds is 9. The Hall–Kier alpha value is -3.78. The number of primary amides is 1. The van der Waals surface area contributed by atoms with E-state index in [-0.39, 0.29) is 24.6 Å². The molecule has 1 aromatic carbocycles. The van der Waals surface area contributed by atoms with E-state index in [1.54, 1.807) is 47.4 Å². The molecule has 0 radical (unpaired) electrons. The molecule has 0 saturated carbocycles. The van der Waals surface area contributed by atoms with E-state index >= 15 is 0 Å². The smallest absolute Gasteiger partial charge is 0.410 e. The molecule has 0 atom stereocenters. The number of hydrogen-bond acceptors (Lipinski definition) is 9. The molecule has 2 amide bonds. The van der Waals surface area contributed by atoms with Crippen molar-refractivity contribution in [2.75, 3.05) is 39.1 Å². The lowest BCUT2D eigenvalue weighted by atomic mass is 9.84. The molecule has 0 spiro atoms. The van der Waals surface area contributed by atoms with Crippen LogP contribution < -0.4 is 16.5 Å². The van der Waals surface area contributed by atoms with Crippen molar-refractivity contribution in [1.82, 2.24) is 15.3 Å². The van der Waals surface area contributed by atoms with Crippen molar-refractivity contribution in [2.45, 2.75) is 51.2 Å². The van der Waals surface area contributed by atoms with E-state index in [0.29, 0.717) is 37.2 Å². The molecule has 0 bridgehead atoms. The van der Waals surface area contributed by atoms with Crippen LogP contribution in [0.25, 0.3) is 0 Å². The van der Waals surface area contributed by atoms with Crippen molar-refractivity contribution < 1.29 is 23.9 Å². The van der Waals surface area contributed by atoms with E-state index in [4.69, 9.17) is 15.2 Å². The van der Waals surface area contributed by atoms with Crippen molar-refractivity contribution >= 4 is 23.7 Å². The molecule has 1 aliphatic heterocycles. The van der Waals surface area contributed by atoms with Crippen LogP contribution in [0.15, 0.2) is 36.0 Å². The number of anilines is 1. The van der Waals surface area contributed by atoms with Gasteiger partial charge in [0, 0.05) is 38.6 Å². The van der Waals surface area contributed by atoms with E-state index in [2.05, 4.69) is 16.8 Å². The number of amides is 2. The normalized spacial score (nSPS) is 15.4. The van der Waals surface area contributed by atoms with Crippen molar-refractivity contribution in [3.8, 4) is 6.07 Å².